The summed E-state index contributed by atoms with van der Waals surface area (Å²) in [5.41, 5.74) is 13.4. The predicted octanol–water partition coefficient (Wildman–Crippen LogP) is 14.1. The lowest BCUT2D eigenvalue weighted by molar-refractivity contribution is 0.661. The zero-order chi connectivity index (χ0) is 35.0. The van der Waals surface area contributed by atoms with Crippen LogP contribution in [0.1, 0.15) is 25.0 Å². The summed E-state index contributed by atoms with van der Waals surface area (Å²) in [4.78, 5) is 0. The second-order valence-electron chi connectivity index (χ2n) is 15.2. The van der Waals surface area contributed by atoms with Gasteiger partial charge in [-0.2, -0.15) is 0 Å². The first-order valence-electron chi connectivity index (χ1n) is 18.5. The number of hydrogen-bond donors (Lipinski definition) is 0. The predicted molar refractivity (Wildman–Crippen MR) is 224 cm³/mol. The first kappa shape index (κ1) is 29.0. The number of para-hydroxylation sites is 2. The van der Waals surface area contributed by atoms with Gasteiger partial charge in [0.15, 0.2) is 0 Å². The number of hydrogen-bond acceptors (Lipinski definition) is 1. The molecule has 0 atom stereocenters. The fourth-order valence-corrected chi connectivity index (χ4v) is 9.82. The van der Waals surface area contributed by atoms with Gasteiger partial charge in [-0.25, -0.2) is 0 Å². The zero-order valence-corrected chi connectivity index (χ0v) is 29.4. The van der Waals surface area contributed by atoms with Crippen LogP contribution >= 0.6 is 0 Å². The fourth-order valence-electron chi connectivity index (χ4n) is 9.82. The quantitative estimate of drug-likeness (QED) is 0.167. The zero-order valence-electron chi connectivity index (χ0n) is 29.4. The van der Waals surface area contributed by atoms with Crippen molar-refractivity contribution in [3.05, 3.63) is 175 Å². The van der Waals surface area contributed by atoms with Crippen molar-refractivity contribution >= 4 is 76.1 Å². The Labute approximate surface area is 306 Å². The van der Waals surface area contributed by atoms with E-state index in [1.165, 1.54) is 93.2 Å². The molecule has 0 amide bonds. The molecule has 0 unspecified atom stereocenters. The smallest absolute Gasteiger partial charge is 0.136 e. The minimum atomic E-state index is -0.123. The number of nitrogens with zero attached hydrogens (tertiary/aromatic N) is 1. The third-order valence-electron chi connectivity index (χ3n) is 12.2. The molecule has 2 heterocycles. The summed E-state index contributed by atoms with van der Waals surface area (Å²) in [7, 11) is 0. The van der Waals surface area contributed by atoms with Crippen molar-refractivity contribution in [1.82, 2.24) is 4.57 Å². The Bertz CT molecular complexity index is 3320. The molecule has 0 N–H and O–H groups in total. The van der Waals surface area contributed by atoms with Crippen LogP contribution in [0.4, 0.5) is 0 Å². The molecule has 2 nitrogen and oxygen atoms in total. The Morgan fingerprint density at radius 3 is 1.68 bits per heavy atom. The van der Waals surface area contributed by atoms with E-state index < -0.39 is 0 Å². The van der Waals surface area contributed by atoms with Crippen molar-refractivity contribution in [3.8, 4) is 27.9 Å². The van der Waals surface area contributed by atoms with Gasteiger partial charge in [-0.3, -0.25) is 0 Å². The van der Waals surface area contributed by atoms with Gasteiger partial charge in [0.2, 0.25) is 0 Å². The van der Waals surface area contributed by atoms with Crippen molar-refractivity contribution in [2.45, 2.75) is 19.3 Å². The topological polar surface area (TPSA) is 18.1 Å². The Morgan fingerprint density at radius 1 is 0.377 bits per heavy atom. The van der Waals surface area contributed by atoms with Crippen molar-refractivity contribution < 1.29 is 4.42 Å². The van der Waals surface area contributed by atoms with Gasteiger partial charge in [0.25, 0.3) is 0 Å². The maximum atomic E-state index is 6.42. The Balaban J connectivity index is 1.25. The van der Waals surface area contributed by atoms with E-state index in [9.17, 15) is 0 Å². The highest BCUT2D eigenvalue weighted by Crippen LogP contribution is 2.54. The summed E-state index contributed by atoms with van der Waals surface area (Å²) in [6, 6.07) is 60.4. The summed E-state index contributed by atoms with van der Waals surface area (Å²) in [5, 5.41) is 12.2. The standard InChI is InChI=1S/C51H33NO/c1-51(2)42-24-12-9-23-38(42)49-33-18-4-3-15-30(33)41(27-43(49)51)48-34-19-5-7-21-36(34)50(37-22-8-6-20-35(37)48)52-44-25-13-10-16-31(44)39-29-47-40(28-45(39)52)32-17-11-14-26-46(32)53-47/h3-29H,1-2H3. The molecule has 248 valence electrons. The van der Waals surface area contributed by atoms with E-state index in [0.29, 0.717) is 0 Å². The van der Waals surface area contributed by atoms with Crippen molar-refractivity contribution in [3.63, 3.8) is 0 Å². The largest absolute Gasteiger partial charge is 0.456 e. The number of rotatable bonds is 2. The molecule has 0 aliphatic heterocycles. The fraction of sp³-hybridized carbons (Fsp3) is 0.0588. The molecular weight excluding hydrogens is 643 g/mol. The van der Waals surface area contributed by atoms with Gasteiger partial charge in [-0.05, 0) is 85.3 Å². The van der Waals surface area contributed by atoms with Crippen LogP contribution in [0, 0.1) is 0 Å². The van der Waals surface area contributed by atoms with Gasteiger partial charge >= 0.3 is 0 Å². The summed E-state index contributed by atoms with van der Waals surface area (Å²) >= 11 is 0. The van der Waals surface area contributed by atoms with Crippen LogP contribution in [0.25, 0.3) is 104 Å². The van der Waals surface area contributed by atoms with E-state index >= 15 is 0 Å². The Kier molecular flexibility index (Phi) is 5.60. The highest BCUT2D eigenvalue weighted by molar-refractivity contribution is 6.25. The molecule has 0 fully saturated rings. The van der Waals surface area contributed by atoms with Crippen molar-refractivity contribution in [2.75, 3.05) is 0 Å². The molecule has 0 spiro atoms. The number of aromatic nitrogens is 1. The minimum absolute atomic E-state index is 0.123. The molecule has 11 aromatic rings. The normalized spacial score (nSPS) is 13.6. The molecule has 0 saturated heterocycles. The van der Waals surface area contributed by atoms with Crippen LogP contribution in [-0.2, 0) is 5.41 Å². The molecule has 53 heavy (non-hydrogen) atoms. The van der Waals surface area contributed by atoms with Crippen LogP contribution in [0.3, 0.4) is 0 Å². The van der Waals surface area contributed by atoms with E-state index in [4.69, 9.17) is 4.42 Å². The summed E-state index contributed by atoms with van der Waals surface area (Å²) < 4.78 is 8.94. The lowest BCUT2D eigenvalue weighted by atomic mass is 9.79. The molecule has 1 aliphatic rings. The number of benzene rings is 9. The van der Waals surface area contributed by atoms with Crippen LogP contribution in [0.5, 0.6) is 0 Å². The molecule has 2 aromatic heterocycles. The first-order valence-corrected chi connectivity index (χ1v) is 18.5. The lowest BCUT2D eigenvalue weighted by Gasteiger charge is -2.24. The van der Waals surface area contributed by atoms with E-state index in [0.717, 1.165) is 21.9 Å². The van der Waals surface area contributed by atoms with Gasteiger partial charge < -0.3 is 8.98 Å². The van der Waals surface area contributed by atoms with Gasteiger partial charge in [0.1, 0.15) is 11.2 Å². The highest BCUT2D eigenvalue weighted by atomic mass is 16.3. The van der Waals surface area contributed by atoms with Crippen LogP contribution in [0.2, 0.25) is 0 Å². The second kappa shape index (κ2) is 10.2. The first-order chi connectivity index (χ1) is 26.1. The highest BCUT2D eigenvalue weighted by Gasteiger charge is 2.37. The van der Waals surface area contributed by atoms with Crippen LogP contribution in [-0.4, -0.2) is 4.57 Å². The Morgan fingerprint density at radius 2 is 0.943 bits per heavy atom. The van der Waals surface area contributed by atoms with Gasteiger partial charge in [-0.1, -0.05) is 147 Å². The molecule has 1 aliphatic carbocycles. The third kappa shape index (κ3) is 3.72. The lowest BCUT2D eigenvalue weighted by Crippen LogP contribution is -2.15. The molecular formula is C51H33NO. The molecule has 2 heteroatoms. The SMILES string of the molecule is CC1(C)c2ccccc2-c2c1cc(-c1c3ccccc3c(-n3c4ccccc4c4cc5oc6ccccc6c5cc43)c3ccccc13)c1ccccc21. The molecule has 0 radical (unpaired) electrons. The average Bonchev–Trinajstić information content (AvgIpc) is 3.80. The van der Waals surface area contributed by atoms with E-state index in [2.05, 4.69) is 176 Å². The monoisotopic (exact) mass is 675 g/mol. The second-order valence-corrected chi connectivity index (χ2v) is 15.2. The summed E-state index contributed by atoms with van der Waals surface area (Å²) in [6.45, 7) is 4.77. The average molecular weight is 676 g/mol. The maximum Gasteiger partial charge on any atom is 0.136 e. The van der Waals surface area contributed by atoms with E-state index in [-0.39, 0.29) is 5.41 Å². The minimum Gasteiger partial charge on any atom is -0.456 e. The van der Waals surface area contributed by atoms with Gasteiger partial charge in [-0.15, -0.1) is 0 Å². The number of fused-ring (bicyclic) bond motifs is 13. The summed E-state index contributed by atoms with van der Waals surface area (Å²) in [5.74, 6) is 0. The molecule has 12 rings (SSSR count). The van der Waals surface area contributed by atoms with Crippen LogP contribution < -0.4 is 0 Å². The molecule has 9 aromatic carbocycles. The van der Waals surface area contributed by atoms with E-state index in [1.807, 2.05) is 6.07 Å². The van der Waals surface area contributed by atoms with Crippen molar-refractivity contribution in [1.29, 1.82) is 0 Å². The van der Waals surface area contributed by atoms with Crippen LogP contribution in [0.15, 0.2) is 168 Å². The summed E-state index contributed by atoms with van der Waals surface area (Å²) in [6.07, 6.45) is 0. The third-order valence-corrected chi connectivity index (χ3v) is 12.2. The maximum absolute atomic E-state index is 6.42. The Hall–Kier alpha value is -6.64. The molecule has 0 bridgehead atoms. The van der Waals surface area contributed by atoms with Crippen molar-refractivity contribution in [2.24, 2.45) is 0 Å². The number of furan rings is 1. The van der Waals surface area contributed by atoms with E-state index in [1.54, 1.807) is 0 Å². The molecule has 0 saturated carbocycles. The van der Waals surface area contributed by atoms with Gasteiger partial charge in [0, 0.05) is 37.7 Å². The van der Waals surface area contributed by atoms with Gasteiger partial charge in [0.05, 0.1) is 16.7 Å².